The van der Waals surface area contributed by atoms with Crippen LogP contribution in [0.15, 0.2) is 36.4 Å². The molecule has 0 unspecified atom stereocenters. The molecule has 0 spiro atoms. The molecule has 1 aliphatic rings. The van der Waals surface area contributed by atoms with Crippen molar-refractivity contribution in [2.45, 2.75) is 0 Å². The maximum absolute atomic E-state index is 11.5. The van der Waals surface area contributed by atoms with Crippen molar-refractivity contribution < 1.29 is 14.7 Å². The van der Waals surface area contributed by atoms with Crippen molar-refractivity contribution in [3.63, 3.8) is 0 Å². The van der Waals surface area contributed by atoms with E-state index < -0.39 is 5.97 Å². The highest BCUT2D eigenvalue weighted by atomic mass is 16.4. The van der Waals surface area contributed by atoms with Gasteiger partial charge in [0.15, 0.2) is 0 Å². The van der Waals surface area contributed by atoms with E-state index >= 15 is 0 Å². The van der Waals surface area contributed by atoms with Gasteiger partial charge in [0.2, 0.25) is 5.91 Å². The first-order valence-electron chi connectivity index (χ1n) is 5.13. The van der Waals surface area contributed by atoms with Crippen molar-refractivity contribution in [3.8, 4) is 0 Å². The number of carboxylic acid groups (broad SMARTS) is 1. The van der Waals surface area contributed by atoms with Gasteiger partial charge in [0.25, 0.3) is 0 Å². The molecule has 2 rings (SSSR count). The highest BCUT2D eigenvalue weighted by Gasteiger charge is 2.22. The summed E-state index contributed by atoms with van der Waals surface area (Å²) in [6.45, 7) is 3.75. The van der Waals surface area contributed by atoms with Crippen LogP contribution >= 0.6 is 0 Å². The van der Waals surface area contributed by atoms with Gasteiger partial charge in [-0.15, -0.1) is 0 Å². The average molecular weight is 232 g/mol. The molecule has 1 aliphatic heterocycles. The summed E-state index contributed by atoms with van der Waals surface area (Å²) in [4.78, 5) is 23.9. The number of amides is 1. The maximum atomic E-state index is 11.5. The van der Waals surface area contributed by atoms with Crippen molar-refractivity contribution in [2.24, 2.45) is 0 Å². The van der Waals surface area contributed by atoms with Crippen molar-refractivity contribution in [2.75, 3.05) is 23.3 Å². The predicted octanol–water partition coefficient (Wildman–Crippen LogP) is 1.09. The summed E-state index contributed by atoms with van der Waals surface area (Å²) < 4.78 is 0. The number of para-hydroxylation sites is 2. The van der Waals surface area contributed by atoms with E-state index in [9.17, 15) is 9.59 Å². The molecule has 1 aromatic rings. The van der Waals surface area contributed by atoms with E-state index in [1.807, 2.05) is 18.2 Å². The third-order valence-corrected chi connectivity index (χ3v) is 2.54. The van der Waals surface area contributed by atoms with Gasteiger partial charge in [0.05, 0.1) is 24.5 Å². The molecule has 1 amide bonds. The molecule has 2 N–H and O–H groups in total. The number of benzene rings is 1. The Morgan fingerprint density at radius 1 is 1.47 bits per heavy atom. The van der Waals surface area contributed by atoms with Gasteiger partial charge in [-0.25, -0.2) is 4.79 Å². The molecule has 0 saturated heterocycles. The second-order valence-electron chi connectivity index (χ2n) is 3.83. The lowest BCUT2D eigenvalue weighted by Crippen LogP contribution is -2.39. The molecule has 17 heavy (non-hydrogen) atoms. The maximum Gasteiger partial charge on any atom is 0.332 e. The molecule has 0 saturated carbocycles. The molecule has 88 valence electrons. The highest BCUT2D eigenvalue weighted by Crippen LogP contribution is 2.29. The van der Waals surface area contributed by atoms with Crippen LogP contribution in [0.4, 0.5) is 11.4 Å². The number of aliphatic carboxylic acids is 1. The quantitative estimate of drug-likeness (QED) is 0.765. The third kappa shape index (κ3) is 2.28. The minimum atomic E-state index is -1.05. The van der Waals surface area contributed by atoms with Crippen LogP contribution in [0.5, 0.6) is 0 Å². The number of nitrogens with one attached hydrogen (secondary N) is 1. The van der Waals surface area contributed by atoms with Crippen molar-refractivity contribution >= 4 is 23.3 Å². The minimum absolute atomic E-state index is 0.0644. The average Bonchev–Trinajstić information content (AvgIpc) is 2.28. The Morgan fingerprint density at radius 3 is 2.88 bits per heavy atom. The van der Waals surface area contributed by atoms with Gasteiger partial charge in [-0.1, -0.05) is 18.7 Å². The summed E-state index contributed by atoms with van der Waals surface area (Å²) in [6.07, 6.45) is 0. The Morgan fingerprint density at radius 2 is 2.18 bits per heavy atom. The summed E-state index contributed by atoms with van der Waals surface area (Å²) in [5.74, 6) is -1.20. The van der Waals surface area contributed by atoms with Crippen LogP contribution in [0.3, 0.4) is 0 Å². The topological polar surface area (TPSA) is 69.6 Å². The summed E-state index contributed by atoms with van der Waals surface area (Å²) in [7, 11) is 0. The summed E-state index contributed by atoms with van der Waals surface area (Å²) in [5.41, 5.74) is 1.57. The molecule has 0 aliphatic carbocycles. The zero-order chi connectivity index (χ0) is 12.4. The fourth-order valence-corrected chi connectivity index (χ4v) is 1.74. The van der Waals surface area contributed by atoms with Crippen LogP contribution in [-0.4, -0.2) is 30.1 Å². The van der Waals surface area contributed by atoms with Gasteiger partial charge in [0, 0.05) is 5.57 Å². The molecular formula is C12H12N2O3. The third-order valence-electron chi connectivity index (χ3n) is 2.54. The van der Waals surface area contributed by atoms with Crippen LogP contribution in [-0.2, 0) is 9.59 Å². The predicted molar refractivity (Wildman–Crippen MR) is 64.1 cm³/mol. The molecular weight excluding hydrogens is 220 g/mol. The second kappa shape index (κ2) is 4.29. The Kier molecular flexibility index (Phi) is 2.82. The second-order valence-corrected chi connectivity index (χ2v) is 3.83. The zero-order valence-corrected chi connectivity index (χ0v) is 9.14. The van der Waals surface area contributed by atoms with E-state index in [4.69, 9.17) is 5.11 Å². The monoisotopic (exact) mass is 232 g/mol. The van der Waals surface area contributed by atoms with Gasteiger partial charge in [0.1, 0.15) is 0 Å². The highest BCUT2D eigenvalue weighted by molar-refractivity contribution is 6.01. The molecule has 1 heterocycles. The number of carbonyl (C=O) groups excluding carboxylic acids is 1. The summed E-state index contributed by atoms with van der Waals surface area (Å²) >= 11 is 0. The molecule has 0 fully saturated rings. The first-order valence-corrected chi connectivity index (χ1v) is 5.13. The van der Waals surface area contributed by atoms with E-state index in [1.165, 1.54) is 0 Å². The SMILES string of the molecule is C=C(CN1CC(=O)Nc2ccccc21)C(=O)O. The first kappa shape index (κ1) is 11.2. The lowest BCUT2D eigenvalue weighted by Gasteiger charge is -2.30. The molecule has 0 radical (unpaired) electrons. The lowest BCUT2D eigenvalue weighted by atomic mass is 10.1. The summed E-state index contributed by atoms with van der Waals surface area (Å²) in [6, 6.07) is 7.27. The van der Waals surface area contributed by atoms with E-state index in [-0.39, 0.29) is 24.6 Å². The molecule has 5 nitrogen and oxygen atoms in total. The van der Waals surface area contributed by atoms with Crippen molar-refractivity contribution in [3.05, 3.63) is 36.4 Å². The number of hydrogen-bond acceptors (Lipinski definition) is 3. The zero-order valence-electron chi connectivity index (χ0n) is 9.14. The Bertz CT molecular complexity index is 496. The Balaban J connectivity index is 2.27. The smallest absolute Gasteiger partial charge is 0.332 e. The fourth-order valence-electron chi connectivity index (χ4n) is 1.74. The van der Waals surface area contributed by atoms with Crippen LogP contribution in [0, 0.1) is 0 Å². The fraction of sp³-hybridized carbons (Fsp3) is 0.167. The Labute approximate surface area is 98.4 Å². The Hall–Kier alpha value is -2.30. The normalized spacial score (nSPS) is 13.9. The number of carboxylic acids is 1. The number of anilines is 2. The van der Waals surface area contributed by atoms with E-state index in [0.29, 0.717) is 5.69 Å². The van der Waals surface area contributed by atoms with Gasteiger partial charge in [-0.05, 0) is 12.1 Å². The molecule has 0 bridgehead atoms. The number of fused-ring (bicyclic) bond motifs is 1. The van der Waals surface area contributed by atoms with Crippen LogP contribution < -0.4 is 10.2 Å². The van der Waals surface area contributed by atoms with Crippen LogP contribution in [0.2, 0.25) is 0 Å². The van der Waals surface area contributed by atoms with Gasteiger partial charge in [-0.3, -0.25) is 4.79 Å². The first-order chi connectivity index (χ1) is 8.08. The molecule has 1 aromatic carbocycles. The van der Waals surface area contributed by atoms with Crippen LogP contribution in [0.1, 0.15) is 0 Å². The van der Waals surface area contributed by atoms with Crippen molar-refractivity contribution in [1.29, 1.82) is 0 Å². The van der Waals surface area contributed by atoms with E-state index in [2.05, 4.69) is 11.9 Å². The van der Waals surface area contributed by atoms with E-state index in [0.717, 1.165) is 5.69 Å². The number of nitrogens with zero attached hydrogens (tertiary/aromatic N) is 1. The van der Waals surface area contributed by atoms with Crippen LogP contribution in [0.25, 0.3) is 0 Å². The number of hydrogen-bond donors (Lipinski definition) is 2. The lowest BCUT2D eigenvalue weighted by molar-refractivity contribution is -0.132. The van der Waals surface area contributed by atoms with Gasteiger partial charge in [-0.2, -0.15) is 0 Å². The number of rotatable bonds is 3. The van der Waals surface area contributed by atoms with Crippen molar-refractivity contribution in [1.82, 2.24) is 0 Å². The molecule has 0 atom stereocenters. The largest absolute Gasteiger partial charge is 0.478 e. The molecule has 5 heteroatoms. The van der Waals surface area contributed by atoms with E-state index in [1.54, 1.807) is 11.0 Å². The molecule has 0 aromatic heterocycles. The van der Waals surface area contributed by atoms with Gasteiger partial charge < -0.3 is 15.3 Å². The summed E-state index contributed by atoms with van der Waals surface area (Å²) in [5, 5.41) is 11.5. The standard InChI is InChI=1S/C12H12N2O3/c1-8(12(16)17)6-14-7-11(15)13-9-4-2-3-5-10(9)14/h2-5H,1,6-7H2,(H,13,15)(H,16,17). The number of carbonyl (C=O) groups is 2. The van der Waals surface area contributed by atoms with Gasteiger partial charge >= 0.3 is 5.97 Å². The minimum Gasteiger partial charge on any atom is -0.478 e.